The van der Waals surface area contributed by atoms with Crippen LogP contribution in [0.2, 0.25) is 0 Å². The van der Waals surface area contributed by atoms with Crippen LogP contribution >= 0.6 is 0 Å². The van der Waals surface area contributed by atoms with E-state index < -0.39 is 0 Å². The van der Waals surface area contributed by atoms with Crippen molar-refractivity contribution in [1.82, 2.24) is 5.32 Å². The van der Waals surface area contributed by atoms with Gasteiger partial charge in [0, 0.05) is 12.1 Å². The van der Waals surface area contributed by atoms with E-state index in [9.17, 15) is 4.79 Å². The van der Waals surface area contributed by atoms with Crippen LogP contribution in [0.3, 0.4) is 0 Å². The van der Waals surface area contributed by atoms with Gasteiger partial charge in [-0.1, -0.05) is 52.3 Å². The molecular weight excluding hydrogens is 222 g/mol. The SMILES string of the molecule is CC.CCC(C)(C)CNC(=O)c1cccc(C)c1. The van der Waals surface area contributed by atoms with Gasteiger partial charge in [0.1, 0.15) is 0 Å². The maximum Gasteiger partial charge on any atom is 0.251 e. The Morgan fingerprint density at radius 2 is 1.89 bits per heavy atom. The van der Waals surface area contributed by atoms with Crippen molar-refractivity contribution in [3.05, 3.63) is 35.4 Å². The summed E-state index contributed by atoms with van der Waals surface area (Å²) in [6.45, 7) is 13.2. The summed E-state index contributed by atoms with van der Waals surface area (Å²) in [6.07, 6.45) is 1.06. The Balaban J connectivity index is 0.00000137. The molecule has 1 rings (SSSR count). The van der Waals surface area contributed by atoms with Gasteiger partial charge in [0.2, 0.25) is 0 Å². The minimum Gasteiger partial charge on any atom is -0.352 e. The van der Waals surface area contributed by atoms with Gasteiger partial charge < -0.3 is 5.32 Å². The minimum absolute atomic E-state index is 0.0187. The molecule has 0 bridgehead atoms. The zero-order valence-corrected chi connectivity index (χ0v) is 12.6. The van der Waals surface area contributed by atoms with Crippen molar-refractivity contribution < 1.29 is 4.79 Å². The molecule has 1 N–H and O–H groups in total. The molecule has 18 heavy (non-hydrogen) atoms. The summed E-state index contributed by atoms with van der Waals surface area (Å²) in [7, 11) is 0. The van der Waals surface area contributed by atoms with Crippen molar-refractivity contribution in [2.45, 2.75) is 48.0 Å². The lowest BCUT2D eigenvalue weighted by atomic mass is 9.90. The number of nitrogens with one attached hydrogen (secondary N) is 1. The Bertz CT molecular complexity index is 369. The number of hydrogen-bond acceptors (Lipinski definition) is 1. The highest BCUT2D eigenvalue weighted by Gasteiger charge is 2.16. The van der Waals surface area contributed by atoms with Crippen LogP contribution in [-0.4, -0.2) is 12.5 Å². The molecule has 0 unspecified atom stereocenters. The molecule has 0 radical (unpaired) electrons. The smallest absolute Gasteiger partial charge is 0.251 e. The van der Waals surface area contributed by atoms with Gasteiger partial charge in [-0.25, -0.2) is 0 Å². The van der Waals surface area contributed by atoms with Crippen LogP contribution in [0.4, 0.5) is 0 Å². The molecule has 0 heterocycles. The maximum atomic E-state index is 11.8. The van der Waals surface area contributed by atoms with Gasteiger partial charge in [0.25, 0.3) is 5.91 Å². The van der Waals surface area contributed by atoms with Crippen LogP contribution in [0.5, 0.6) is 0 Å². The summed E-state index contributed by atoms with van der Waals surface area (Å²) in [5.74, 6) is 0.0187. The van der Waals surface area contributed by atoms with Gasteiger partial charge in [0.05, 0.1) is 0 Å². The van der Waals surface area contributed by atoms with Crippen molar-refractivity contribution >= 4 is 5.91 Å². The molecule has 0 saturated heterocycles. The minimum atomic E-state index is 0.0187. The van der Waals surface area contributed by atoms with E-state index in [1.807, 2.05) is 45.0 Å². The largest absolute Gasteiger partial charge is 0.352 e. The summed E-state index contributed by atoms with van der Waals surface area (Å²) in [5, 5.41) is 2.98. The Hall–Kier alpha value is -1.31. The van der Waals surface area contributed by atoms with E-state index in [4.69, 9.17) is 0 Å². The molecule has 102 valence electrons. The van der Waals surface area contributed by atoms with E-state index >= 15 is 0 Å². The summed E-state index contributed by atoms with van der Waals surface area (Å²) in [6, 6.07) is 7.66. The Kier molecular flexibility index (Phi) is 7.33. The van der Waals surface area contributed by atoms with Gasteiger partial charge in [0.15, 0.2) is 0 Å². The highest BCUT2D eigenvalue weighted by Crippen LogP contribution is 2.17. The van der Waals surface area contributed by atoms with E-state index in [1.54, 1.807) is 0 Å². The molecule has 1 amide bonds. The molecular formula is C16H27NO. The number of amides is 1. The van der Waals surface area contributed by atoms with Gasteiger partial charge in [-0.2, -0.15) is 0 Å². The second-order valence-corrected chi connectivity index (χ2v) is 5.07. The quantitative estimate of drug-likeness (QED) is 0.852. The van der Waals surface area contributed by atoms with Crippen molar-refractivity contribution in [1.29, 1.82) is 0 Å². The third kappa shape index (κ3) is 5.85. The van der Waals surface area contributed by atoms with Gasteiger partial charge in [-0.15, -0.1) is 0 Å². The first-order valence-electron chi connectivity index (χ1n) is 6.79. The Labute approximate surface area is 112 Å². The number of carbonyl (C=O) groups is 1. The molecule has 0 aliphatic carbocycles. The summed E-state index contributed by atoms with van der Waals surface area (Å²) < 4.78 is 0. The fourth-order valence-electron chi connectivity index (χ4n) is 1.33. The molecule has 0 spiro atoms. The van der Waals surface area contributed by atoms with Crippen molar-refractivity contribution in [3.63, 3.8) is 0 Å². The van der Waals surface area contributed by atoms with Gasteiger partial charge >= 0.3 is 0 Å². The average Bonchev–Trinajstić information content (AvgIpc) is 2.38. The fraction of sp³-hybridized carbons (Fsp3) is 0.562. The zero-order chi connectivity index (χ0) is 14.2. The van der Waals surface area contributed by atoms with E-state index in [1.165, 1.54) is 0 Å². The summed E-state index contributed by atoms with van der Waals surface area (Å²) >= 11 is 0. The monoisotopic (exact) mass is 249 g/mol. The lowest BCUT2D eigenvalue weighted by Gasteiger charge is -2.22. The second-order valence-electron chi connectivity index (χ2n) is 5.07. The molecule has 0 aliphatic heterocycles. The molecule has 0 atom stereocenters. The molecule has 0 saturated carbocycles. The van der Waals surface area contributed by atoms with Crippen molar-refractivity contribution in [2.75, 3.05) is 6.54 Å². The highest BCUT2D eigenvalue weighted by molar-refractivity contribution is 5.94. The first-order chi connectivity index (χ1) is 8.44. The first-order valence-corrected chi connectivity index (χ1v) is 6.79. The first kappa shape index (κ1) is 16.7. The standard InChI is InChI=1S/C14H21NO.C2H6/c1-5-14(3,4)10-15-13(16)12-8-6-7-11(2)9-12;1-2/h6-9H,5,10H2,1-4H3,(H,15,16);1-2H3. The van der Waals surface area contributed by atoms with Crippen molar-refractivity contribution in [3.8, 4) is 0 Å². The normalized spacial score (nSPS) is 10.3. The number of aryl methyl sites for hydroxylation is 1. The van der Waals surface area contributed by atoms with E-state index in [0.29, 0.717) is 0 Å². The molecule has 0 aromatic heterocycles. The number of benzene rings is 1. The Morgan fingerprint density at radius 1 is 1.28 bits per heavy atom. The molecule has 2 heteroatoms. The third-order valence-corrected chi connectivity index (χ3v) is 2.96. The predicted molar refractivity (Wildman–Crippen MR) is 78.9 cm³/mol. The topological polar surface area (TPSA) is 29.1 Å². The van der Waals surface area contributed by atoms with E-state index in [2.05, 4.69) is 26.1 Å². The molecule has 0 fully saturated rings. The second kappa shape index (κ2) is 7.91. The lowest BCUT2D eigenvalue weighted by molar-refractivity contribution is 0.0935. The predicted octanol–water partition coefficient (Wildman–Crippen LogP) is 4.19. The van der Waals surface area contributed by atoms with E-state index in [-0.39, 0.29) is 11.3 Å². The number of rotatable bonds is 4. The highest BCUT2D eigenvalue weighted by atomic mass is 16.1. The van der Waals surface area contributed by atoms with Crippen LogP contribution in [0.1, 0.15) is 57.0 Å². The fourth-order valence-corrected chi connectivity index (χ4v) is 1.33. The van der Waals surface area contributed by atoms with Gasteiger partial charge in [-0.05, 0) is 30.9 Å². The van der Waals surface area contributed by atoms with Crippen molar-refractivity contribution in [2.24, 2.45) is 5.41 Å². The van der Waals surface area contributed by atoms with Gasteiger partial charge in [-0.3, -0.25) is 4.79 Å². The zero-order valence-electron chi connectivity index (χ0n) is 12.6. The molecule has 1 aromatic rings. The Morgan fingerprint density at radius 3 is 2.39 bits per heavy atom. The third-order valence-electron chi connectivity index (χ3n) is 2.96. The van der Waals surface area contributed by atoms with E-state index in [0.717, 1.165) is 24.1 Å². The maximum absolute atomic E-state index is 11.8. The molecule has 0 aliphatic rings. The lowest BCUT2D eigenvalue weighted by Crippen LogP contribution is -2.33. The van der Waals surface area contributed by atoms with Crippen LogP contribution in [0.15, 0.2) is 24.3 Å². The van der Waals surface area contributed by atoms with Crippen LogP contribution in [0.25, 0.3) is 0 Å². The summed E-state index contributed by atoms with van der Waals surface area (Å²) in [5.41, 5.74) is 2.02. The molecule has 2 nitrogen and oxygen atoms in total. The van der Waals surface area contributed by atoms with Crippen LogP contribution < -0.4 is 5.32 Å². The van der Waals surface area contributed by atoms with Crippen LogP contribution in [-0.2, 0) is 0 Å². The molecule has 1 aromatic carbocycles. The average molecular weight is 249 g/mol. The number of carbonyl (C=O) groups excluding carboxylic acids is 1. The summed E-state index contributed by atoms with van der Waals surface area (Å²) in [4.78, 5) is 11.8. The van der Waals surface area contributed by atoms with Crippen LogP contribution in [0, 0.1) is 12.3 Å². The number of hydrogen-bond donors (Lipinski definition) is 1.